The first-order valence-electron chi connectivity index (χ1n) is 5.54. The van der Waals surface area contributed by atoms with Gasteiger partial charge in [-0.2, -0.15) is 5.10 Å². The van der Waals surface area contributed by atoms with E-state index in [4.69, 9.17) is 11.6 Å². The average Bonchev–Trinajstić information content (AvgIpc) is 2.31. The molecule has 1 atom stereocenters. The van der Waals surface area contributed by atoms with E-state index < -0.39 is 0 Å². The van der Waals surface area contributed by atoms with E-state index in [0.29, 0.717) is 11.1 Å². The Kier molecular flexibility index (Phi) is 2.37. The molecule has 4 heteroatoms. The summed E-state index contributed by atoms with van der Waals surface area (Å²) < 4.78 is 0. The summed E-state index contributed by atoms with van der Waals surface area (Å²) in [6.45, 7) is 3.69. The van der Waals surface area contributed by atoms with Crippen LogP contribution in [0.4, 0.5) is 0 Å². The molecule has 0 aliphatic carbocycles. The van der Waals surface area contributed by atoms with Crippen molar-refractivity contribution in [2.75, 3.05) is 19.6 Å². The molecular weight excluding hydrogens is 210 g/mol. The molecule has 80 valence electrons. The molecule has 0 radical (unpaired) electrons. The molecule has 4 rings (SSSR count). The maximum absolute atomic E-state index is 5.75. The predicted molar refractivity (Wildman–Crippen MR) is 58.9 cm³/mol. The Morgan fingerprint density at radius 3 is 2.53 bits per heavy atom. The minimum absolute atomic E-state index is 0.486. The molecular formula is C11H14ClN3. The maximum atomic E-state index is 5.75. The molecule has 0 saturated carbocycles. The van der Waals surface area contributed by atoms with Crippen LogP contribution in [0.1, 0.15) is 24.5 Å². The Labute approximate surface area is 94.4 Å². The standard InChI is InChI=1S/C11H14ClN3/c12-11-2-1-10(13-14-11)9-7-15-5-3-8(9)4-6-15/h1-2,8-9H,3-7H2. The van der Waals surface area contributed by atoms with E-state index in [2.05, 4.69) is 15.1 Å². The molecule has 3 nitrogen and oxygen atoms in total. The summed E-state index contributed by atoms with van der Waals surface area (Å²) in [5, 5.41) is 8.63. The Bertz CT molecular complexity index is 343. The first-order chi connectivity index (χ1) is 7.33. The lowest BCUT2D eigenvalue weighted by atomic mass is 9.77. The van der Waals surface area contributed by atoms with Crippen LogP contribution in [0.25, 0.3) is 0 Å². The summed E-state index contributed by atoms with van der Waals surface area (Å²) in [5.74, 6) is 1.39. The van der Waals surface area contributed by atoms with Crippen molar-refractivity contribution in [1.29, 1.82) is 0 Å². The second-order valence-corrected chi connectivity index (χ2v) is 4.91. The van der Waals surface area contributed by atoms with Crippen LogP contribution in [-0.2, 0) is 0 Å². The first kappa shape index (κ1) is 9.55. The van der Waals surface area contributed by atoms with Gasteiger partial charge in [-0.25, -0.2) is 0 Å². The normalized spacial score (nSPS) is 34.3. The molecule has 15 heavy (non-hydrogen) atoms. The third-order valence-corrected chi connectivity index (χ3v) is 3.89. The van der Waals surface area contributed by atoms with Gasteiger partial charge in [0.2, 0.25) is 0 Å². The van der Waals surface area contributed by atoms with Crippen molar-refractivity contribution in [2.24, 2.45) is 5.92 Å². The molecule has 3 aliphatic heterocycles. The van der Waals surface area contributed by atoms with Crippen molar-refractivity contribution in [2.45, 2.75) is 18.8 Å². The Morgan fingerprint density at radius 1 is 1.20 bits per heavy atom. The van der Waals surface area contributed by atoms with Gasteiger partial charge >= 0.3 is 0 Å². The molecule has 3 aliphatic rings. The molecule has 3 saturated heterocycles. The van der Waals surface area contributed by atoms with Gasteiger partial charge in [0.15, 0.2) is 5.15 Å². The molecule has 1 unspecified atom stereocenters. The third-order valence-electron chi connectivity index (χ3n) is 3.69. The summed E-state index contributed by atoms with van der Waals surface area (Å²) in [7, 11) is 0. The van der Waals surface area contributed by atoms with Gasteiger partial charge in [-0.15, -0.1) is 5.10 Å². The predicted octanol–water partition coefficient (Wildman–Crippen LogP) is 1.94. The fourth-order valence-electron chi connectivity index (χ4n) is 2.82. The fraction of sp³-hybridized carbons (Fsp3) is 0.636. The lowest BCUT2D eigenvalue weighted by molar-refractivity contribution is 0.0851. The number of rotatable bonds is 1. The molecule has 0 amide bonds. The van der Waals surface area contributed by atoms with Crippen LogP contribution >= 0.6 is 11.6 Å². The first-order valence-corrected chi connectivity index (χ1v) is 5.92. The number of halogens is 1. The van der Waals surface area contributed by atoms with Gasteiger partial charge in [-0.3, -0.25) is 0 Å². The minimum Gasteiger partial charge on any atom is -0.303 e. The van der Waals surface area contributed by atoms with E-state index in [0.717, 1.165) is 18.2 Å². The smallest absolute Gasteiger partial charge is 0.151 e. The van der Waals surface area contributed by atoms with Crippen LogP contribution in [0.5, 0.6) is 0 Å². The highest BCUT2D eigenvalue weighted by atomic mass is 35.5. The van der Waals surface area contributed by atoms with Crippen molar-refractivity contribution in [3.05, 3.63) is 23.0 Å². The van der Waals surface area contributed by atoms with Gasteiger partial charge in [-0.1, -0.05) is 11.6 Å². The third kappa shape index (κ3) is 1.74. The Morgan fingerprint density at radius 2 is 2.00 bits per heavy atom. The number of hydrogen-bond acceptors (Lipinski definition) is 3. The second-order valence-electron chi connectivity index (χ2n) is 4.53. The van der Waals surface area contributed by atoms with Crippen LogP contribution in [0.3, 0.4) is 0 Å². The van der Waals surface area contributed by atoms with Crippen molar-refractivity contribution in [3.63, 3.8) is 0 Å². The van der Waals surface area contributed by atoms with E-state index in [1.165, 1.54) is 25.9 Å². The highest BCUT2D eigenvalue weighted by Crippen LogP contribution is 2.37. The monoisotopic (exact) mass is 223 g/mol. The van der Waals surface area contributed by atoms with E-state index in [1.807, 2.05) is 12.1 Å². The Balaban J connectivity index is 1.85. The summed E-state index contributed by atoms with van der Waals surface area (Å²) in [4.78, 5) is 2.53. The highest BCUT2D eigenvalue weighted by Gasteiger charge is 2.35. The molecule has 1 aromatic rings. The summed E-state index contributed by atoms with van der Waals surface area (Å²) in [5.41, 5.74) is 1.12. The maximum Gasteiger partial charge on any atom is 0.151 e. The number of aromatic nitrogens is 2. The minimum atomic E-state index is 0.486. The van der Waals surface area contributed by atoms with Crippen LogP contribution < -0.4 is 0 Å². The van der Waals surface area contributed by atoms with Gasteiger partial charge in [0, 0.05) is 12.5 Å². The van der Waals surface area contributed by atoms with Crippen LogP contribution in [0, 0.1) is 5.92 Å². The van der Waals surface area contributed by atoms with E-state index in [9.17, 15) is 0 Å². The number of nitrogens with zero attached hydrogens (tertiary/aromatic N) is 3. The molecule has 0 N–H and O–H groups in total. The van der Waals surface area contributed by atoms with Crippen LogP contribution in [0.15, 0.2) is 12.1 Å². The van der Waals surface area contributed by atoms with Crippen molar-refractivity contribution in [3.8, 4) is 0 Å². The quantitative estimate of drug-likeness (QED) is 0.729. The molecule has 2 bridgehead atoms. The van der Waals surface area contributed by atoms with Crippen LogP contribution in [-0.4, -0.2) is 34.7 Å². The van der Waals surface area contributed by atoms with Gasteiger partial charge < -0.3 is 4.90 Å². The van der Waals surface area contributed by atoms with Crippen LogP contribution in [0.2, 0.25) is 5.15 Å². The van der Waals surface area contributed by atoms with E-state index >= 15 is 0 Å². The summed E-state index contributed by atoms with van der Waals surface area (Å²) in [6.07, 6.45) is 2.63. The zero-order valence-corrected chi connectivity index (χ0v) is 9.32. The fourth-order valence-corrected chi connectivity index (χ4v) is 2.92. The molecule has 3 fully saturated rings. The molecule has 0 spiro atoms. The van der Waals surface area contributed by atoms with Gasteiger partial charge in [-0.05, 0) is 44.0 Å². The zero-order valence-electron chi connectivity index (χ0n) is 8.56. The second kappa shape index (κ2) is 3.72. The topological polar surface area (TPSA) is 29.0 Å². The lowest BCUT2D eigenvalue weighted by Gasteiger charge is -2.44. The van der Waals surface area contributed by atoms with E-state index in [1.54, 1.807) is 0 Å². The zero-order chi connectivity index (χ0) is 10.3. The van der Waals surface area contributed by atoms with Gasteiger partial charge in [0.05, 0.1) is 5.69 Å². The summed E-state index contributed by atoms with van der Waals surface area (Å²) in [6, 6.07) is 3.88. The number of piperidine rings is 3. The lowest BCUT2D eigenvalue weighted by Crippen LogP contribution is -2.46. The van der Waals surface area contributed by atoms with Crippen molar-refractivity contribution < 1.29 is 0 Å². The number of hydrogen-bond donors (Lipinski definition) is 0. The molecule has 1 aromatic heterocycles. The van der Waals surface area contributed by atoms with Crippen molar-refractivity contribution >= 4 is 11.6 Å². The molecule has 0 aromatic carbocycles. The average molecular weight is 224 g/mol. The largest absolute Gasteiger partial charge is 0.303 e. The molecule has 4 heterocycles. The van der Waals surface area contributed by atoms with Gasteiger partial charge in [0.25, 0.3) is 0 Å². The van der Waals surface area contributed by atoms with Crippen molar-refractivity contribution in [1.82, 2.24) is 15.1 Å². The number of fused-ring (bicyclic) bond motifs is 3. The van der Waals surface area contributed by atoms with Gasteiger partial charge in [0.1, 0.15) is 0 Å². The highest BCUT2D eigenvalue weighted by molar-refractivity contribution is 6.29. The SMILES string of the molecule is Clc1ccc(C2CN3CCC2CC3)nn1. The summed E-state index contributed by atoms with van der Waals surface area (Å²) >= 11 is 5.75. The Hall–Kier alpha value is -0.670. The van der Waals surface area contributed by atoms with E-state index in [-0.39, 0.29) is 0 Å².